The van der Waals surface area contributed by atoms with Crippen molar-refractivity contribution >= 4 is 0 Å². The molecule has 0 heterocycles. The predicted molar refractivity (Wildman–Crippen MR) is 70.7 cm³/mol. The summed E-state index contributed by atoms with van der Waals surface area (Å²) in [5.41, 5.74) is 0.913. The quantitative estimate of drug-likeness (QED) is 0.897. The fraction of sp³-hybridized carbons (Fsp3) is 0.250. The molecule has 1 atom stereocenters. The van der Waals surface area contributed by atoms with Crippen LogP contribution in [0.2, 0.25) is 0 Å². The smallest absolute Gasteiger partial charge is 0.126 e. The van der Waals surface area contributed by atoms with Crippen LogP contribution < -0.4 is 4.74 Å². The monoisotopic (exact) mass is 258 g/mol. The first-order valence-corrected chi connectivity index (χ1v) is 6.30. The molecule has 1 N–H and O–H groups in total. The van der Waals surface area contributed by atoms with Gasteiger partial charge in [-0.25, -0.2) is 4.39 Å². The zero-order valence-electron chi connectivity index (χ0n) is 10.7. The number of halogens is 1. The fourth-order valence-corrected chi connectivity index (χ4v) is 2.82. The van der Waals surface area contributed by atoms with Gasteiger partial charge in [-0.05, 0) is 47.7 Å². The molecule has 1 aliphatic rings. The Balaban J connectivity index is 2.13. The molecule has 2 aromatic rings. The molecule has 0 aromatic heterocycles. The van der Waals surface area contributed by atoms with Gasteiger partial charge in [-0.15, -0.1) is 0 Å². The molecule has 3 rings (SSSR count). The van der Waals surface area contributed by atoms with Gasteiger partial charge in [0.25, 0.3) is 0 Å². The second-order valence-corrected chi connectivity index (χ2v) is 4.86. The van der Waals surface area contributed by atoms with Gasteiger partial charge >= 0.3 is 0 Å². The van der Waals surface area contributed by atoms with E-state index in [2.05, 4.69) is 0 Å². The maximum Gasteiger partial charge on any atom is 0.126 e. The number of ether oxygens (including phenoxy) is 1. The lowest BCUT2D eigenvalue weighted by Gasteiger charge is -2.25. The Morgan fingerprint density at radius 1 is 1.21 bits per heavy atom. The average Bonchev–Trinajstić information content (AvgIpc) is 2.80. The molecule has 3 heteroatoms. The van der Waals surface area contributed by atoms with Gasteiger partial charge in [0.2, 0.25) is 0 Å². The molecule has 1 aliphatic carbocycles. The minimum atomic E-state index is -1.12. The van der Waals surface area contributed by atoms with Gasteiger partial charge in [0.15, 0.2) is 0 Å². The molecule has 2 nitrogen and oxygen atoms in total. The lowest BCUT2D eigenvalue weighted by atomic mass is 9.88. The summed E-state index contributed by atoms with van der Waals surface area (Å²) in [4.78, 5) is 0. The maximum absolute atomic E-state index is 13.8. The number of rotatable bonds is 2. The van der Waals surface area contributed by atoms with Gasteiger partial charge in [0, 0.05) is 0 Å². The molecule has 0 saturated heterocycles. The highest BCUT2D eigenvalue weighted by molar-refractivity contribution is 5.47. The van der Waals surface area contributed by atoms with Gasteiger partial charge in [-0.1, -0.05) is 24.3 Å². The summed E-state index contributed by atoms with van der Waals surface area (Å²) in [6, 6.07) is 12.2. The highest BCUT2D eigenvalue weighted by atomic mass is 19.1. The van der Waals surface area contributed by atoms with Crippen LogP contribution in [0.1, 0.15) is 23.1 Å². The molecule has 0 aliphatic heterocycles. The zero-order chi connectivity index (χ0) is 13.5. The lowest BCUT2D eigenvalue weighted by Crippen LogP contribution is -2.23. The molecule has 2 aromatic carbocycles. The van der Waals surface area contributed by atoms with E-state index >= 15 is 0 Å². The SMILES string of the molecule is COc1cccc(C2(O)CCc3c(F)cccc32)c1. The number of hydrogen-bond acceptors (Lipinski definition) is 2. The van der Waals surface area contributed by atoms with Crippen LogP contribution in [0, 0.1) is 5.82 Å². The van der Waals surface area contributed by atoms with E-state index in [-0.39, 0.29) is 5.82 Å². The second kappa shape index (κ2) is 4.35. The molecule has 0 fully saturated rings. The molecule has 0 amide bonds. The van der Waals surface area contributed by atoms with Crippen molar-refractivity contribution in [2.75, 3.05) is 7.11 Å². The van der Waals surface area contributed by atoms with Crippen LogP contribution >= 0.6 is 0 Å². The van der Waals surface area contributed by atoms with E-state index in [1.807, 2.05) is 18.2 Å². The summed E-state index contributed by atoms with van der Waals surface area (Å²) in [6.07, 6.45) is 1.05. The van der Waals surface area contributed by atoms with Gasteiger partial charge in [-0.3, -0.25) is 0 Å². The van der Waals surface area contributed by atoms with E-state index < -0.39 is 5.60 Å². The molecule has 0 spiro atoms. The number of methoxy groups -OCH3 is 1. The third-order valence-electron chi connectivity index (χ3n) is 3.85. The van der Waals surface area contributed by atoms with Crippen molar-refractivity contribution in [1.82, 2.24) is 0 Å². The highest BCUT2D eigenvalue weighted by Gasteiger charge is 2.39. The van der Waals surface area contributed by atoms with E-state index in [9.17, 15) is 9.50 Å². The minimum Gasteiger partial charge on any atom is -0.497 e. The van der Waals surface area contributed by atoms with Crippen molar-refractivity contribution in [3.05, 3.63) is 65.0 Å². The molecule has 0 radical (unpaired) electrons. The standard InChI is InChI=1S/C16H15FO2/c1-19-12-5-2-4-11(10-12)16(18)9-8-13-14(16)6-3-7-15(13)17/h2-7,10,18H,8-9H2,1H3. The molecular weight excluding hydrogens is 243 g/mol. The zero-order valence-corrected chi connectivity index (χ0v) is 10.7. The summed E-state index contributed by atoms with van der Waals surface area (Å²) < 4.78 is 18.9. The van der Waals surface area contributed by atoms with Gasteiger partial charge in [-0.2, -0.15) is 0 Å². The molecule has 0 saturated carbocycles. The fourth-order valence-electron chi connectivity index (χ4n) is 2.82. The van der Waals surface area contributed by atoms with Crippen LogP contribution in [0.5, 0.6) is 5.75 Å². The van der Waals surface area contributed by atoms with Crippen LogP contribution in [0.25, 0.3) is 0 Å². The molecule has 1 unspecified atom stereocenters. The lowest BCUT2D eigenvalue weighted by molar-refractivity contribution is 0.0826. The average molecular weight is 258 g/mol. The van der Waals surface area contributed by atoms with E-state index in [1.54, 1.807) is 25.3 Å². The highest BCUT2D eigenvalue weighted by Crippen LogP contribution is 2.43. The summed E-state index contributed by atoms with van der Waals surface area (Å²) in [7, 11) is 1.59. The summed E-state index contributed by atoms with van der Waals surface area (Å²) in [6.45, 7) is 0. The normalized spacial score (nSPS) is 21.2. The first-order chi connectivity index (χ1) is 9.15. The van der Waals surface area contributed by atoms with E-state index in [0.717, 1.165) is 5.56 Å². The van der Waals surface area contributed by atoms with Crippen molar-refractivity contribution in [3.8, 4) is 5.75 Å². The van der Waals surface area contributed by atoms with Crippen molar-refractivity contribution in [2.24, 2.45) is 0 Å². The van der Waals surface area contributed by atoms with Crippen molar-refractivity contribution in [3.63, 3.8) is 0 Å². The predicted octanol–water partition coefficient (Wildman–Crippen LogP) is 3.02. The van der Waals surface area contributed by atoms with Crippen molar-refractivity contribution in [2.45, 2.75) is 18.4 Å². The number of fused-ring (bicyclic) bond motifs is 1. The van der Waals surface area contributed by atoms with Gasteiger partial charge in [0.05, 0.1) is 7.11 Å². The van der Waals surface area contributed by atoms with Gasteiger partial charge in [0.1, 0.15) is 17.2 Å². The Labute approximate surface area is 111 Å². The Kier molecular flexibility index (Phi) is 2.79. The van der Waals surface area contributed by atoms with Crippen LogP contribution in [0.4, 0.5) is 4.39 Å². The first kappa shape index (κ1) is 12.2. The minimum absolute atomic E-state index is 0.240. The third-order valence-corrected chi connectivity index (χ3v) is 3.85. The summed E-state index contributed by atoms with van der Waals surface area (Å²) in [5, 5.41) is 10.9. The largest absolute Gasteiger partial charge is 0.497 e. The Morgan fingerprint density at radius 3 is 2.79 bits per heavy atom. The van der Waals surface area contributed by atoms with Crippen molar-refractivity contribution in [1.29, 1.82) is 0 Å². The van der Waals surface area contributed by atoms with Gasteiger partial charge < -0.3 is 9.84 Å². The Hall–Kier alpha value is -1.87. The maximum atomic E-state index is 13.8. The number of benzene rings is 2. The van der Waals surface area contributed by atoms with Crippen LogP contribution in [0.3, 0.4) is 0 Å². The van der Waals surface area contributed by atoms with E-state index in [1.165, 1.54) is 6.07 Å². The molecule has 19 heavy (non-hydrogen) atoms. The van der Waals surface area contributed by atoms with Crippen molar-refractivity contribution < 1.29 is 14.2 Å². The Bertz CT molecular complexity index is 624. The third kappa shape index (κ3) is 1.81. The molecule has 0 bridgehead atoms. The second-order valence-electron chi connectivity index (χ2n) is 4.86. The summed E-state index contributed by atoms with van der Waals surface area (Å²) in [5.74, 6) is 0.451. The topological polar surface area (TPSA) is 29.5 Å². The molecular formula is C16H15FO2. The van der Waals surface area contributed by atoms with E-state index in [0.29, 0.717) is 29.7 Å². The van der Waals surface area contributed by atoms with E-state index in [4.69, 9.17) is 4.74 Å². The Morgan fingerprint density at radius 2 is 2.00 bits per heavy atom. The van der Waals surface area contributed by atoms with Crippen LogP contribution in [-0.2, 0) is 12.0 Å². The molecule has 98 valence electrons. The van der Waals surface area contributed by atoms with Crippen LogP contribution in [-0.4, -0.2) is 12.2 Å². The first-order valence-electron chi connectivity index (χ1n) is 6.30. The summed E-state index contributed by atoms with van der Waals surface area (Å²) >= 11 is 0. The van der Waals surface area contributed by atoms with Crippen LogP contribution in [0.15, 0.2) is 42.5 Å². The number of hydrogen-bond donors (Lipinski definition) is 1. The number of aliphatic hydroxyl groups is 1.